The van der Waals surface area contributed by atoms with E-state index in [1.807, 2.05) is 6.07 Å². The van der Waals surface area contributed by atoms with Gasteiger partial charge in [-0.25, -0.2) is 0 Å². The molecule has 0 spiro atoms. The number of likely N-dealkylation sites (N-methyl/N-ethyl adjacent to an activating group) is 1. The number of hydrogen-bond donors (Lipinski definition) is 1. The van der Waals surface area contributed by atoms with Crippen LogP contribution in [0.15, 0.2) is 22.7 Å². The molecule has 3 heteroatoms. The van der Waals surface area contributed by atoms with Crippen LogP contribution in [0.2, 0.25) is 5.02 Å². The van der Waals surface area contributed by atoms with Gasteiger partial charge in [-0.1, -0.05) is 60.3 Å². The smallest absolute Gasteiger partial charge is 0.0449 e. The second kappa shape index (κ2) is 6.60. The molecule has 1 unspecified atom stereocenters. The average Bonchev–Trinajstić information content (AvgIpc) is 2.80. The van der Waals surface area contributed by atoms with Crippen molar-refractivity contribution in [1.29, 1.82) is 0 Å². The van der Waals surface area contributed by atoms with Crippen LogP contribution in [-0.4, -0.2) is 12.6 Å². The average molecular weight is 345 g/mol. The predicted octanol–water partition coefficient (Wildman–Crippen LogP) is 5.20. The van der Waals surface area contributed by atoms with Crippen molar-refractivity contribution in [3.05, 3.63) is 33.3 Å². The molecule has 106 valence electrons. The molecule has 0 bridgehead atoms. The van der Waals surface area contributed by atoms with Crippen molar-refractivity contribution in [1.82, 2.24) is 5.32 Å². The summed E-state index contributed by atoms with van der Waals surface area (Å²) in [6.45, 7) is 5.64. The van der Waals surface area contributed by atoms with Gasteiger partial charge < -0.3 is 5.32 Å². The van der Waals surface area contributed by atoms with Crippen molar-refractivity contribution in [2.75, 3.05) is 6.54 Å². The maximum absolute atomic E-state index is 6.37. The van der Waals surface area contributed by atoms with Crippen molar-refractivity contribution in [3.8, 4) is 0 Å². The van der Waals surface area contributed by atoms with Crippen molar-refractivity contribution in [2.24, 2.45) is 5.41 Å². The Hall–Kier alpha value is -0.0500. The fourth-order valence-electron chi connectivity index (χ4n) is 3.25. The van der Waals surface area contributed by atoms with Gasteiger partial charge in [0.1, 0.15) is 0 Å². The van der Waals surface area contributed by atoms with Crippen LogP contribution in [0.1, 0.15) is 45.1 Å². The van der Waals surface area contributed by atoms with Gasteiger partial charge in [-0.05, 0) is 48.9 Å². The van der Waals surface area contributed by atoms with E-state index in [9.17, 15) is 0 Å². The van der Waals surface area contributed by atoms with E-state index in [2.05, 4.69) is 47.2 Å². The molecule has 1 N–H and O–H groups in total. The van der Waals surface area contributed by atoms with Gasteiger partial charge in [-0.3, -0.25) is 0 Å². The van der Waals surface area contributed by atoms with Crippen molar-refractivity contribution in [3.63, 3.8) is 0 Å². The lowest BCUT2D eigenvalue weighted by molar-refractivity contribution is 0.222. The highest BCUT2D eigenvalue weighted by atomic mass is 79.9. The van der Waals surface area contributed by atoms with E-state index in [0.29, 0.717) is 11.5 Å². The van der Waals surface area contributed by atoms with E-state index >= 15 is 0 Å². The summed E-state index contributed by atoms with van der Waals surface area (Å²) in [5.41, 5.74) is 1.68. The molecule has 1 saturated carbocycles. The standard InChI is InChI=1S/C16H23BrClN/c1-3-19-15(16(2)8-4-5-9-16)10-12-6-7-13(17)11-14(12)18/h6-7,11,15,19H,3-5,8-10H2,1-2H3. The number of rotatable bonds is 5. The predicted molar refractivity (Wildman–Crippen MR) is 86.9 cm³/mol. The van der Waals surface area contributed by atoms with E-state index in [-0.39, 0.29) is 0 Å². The molecule has 1 aliphatic carbocycles. The highest BCUT2D eigenvalue weighted by molar-refractivity contribution is 9.10. The SMILES string of the molecule is CCNC(Cc1ccc(Br)cc1Cl)C1(C)CCCC1. The molecular formula is C16H23BrClN. The molecule has 0 heterocycles. The molecule has 0 radical (unpaired) electrons. The lowest BCUT2D eigenvalue weighted by atomic mass is 9.78. The lowest BCUT2D eigenvalue weighted by Crippen LogP contribution is -2.43. The number of halogens is 2. The van der Waals surface area contributed by atoms with E-state index < -0.39 is 0 Å². The third-order valence-electron chi connectivity index (χ3n) is 4.48. The minimum atomic E-state index is 0.423. The monoisotopic (exact) mass is 343 g/mol. The molecule has 0 saturated heterocycles. The summed E-state index contributed by atoms with van der Waals surface area (Å²) in [4.78, 5) is 0. The highest BCUT2D eigenvalue weighted by Gasteiger charge is 2.36. The Morgan fingerprint density at radius 2 is 2.05 bits per heavy atom. The maximum atomic E-state index is 6.37. The second-order valence-corrected chi connectivity index (χ2v) is 7.23. The van der Waals surface area contributed by atoms with Gasteiger partial charge in [0.25, 0.3) is 0 Å². The summed E-state index contributed by atoms with van der Waals surface area (Å²) in [6.07, 6.45) is 6.42. The third kappa shape index (κ3) is 3.74. The first-order valence-corrected chi connectivity index (χ1v) is 8.39. The normalized spacial score (nSPS) is 19.6. The zero-order valence-corrected chi connectivity index (χ0v) is 14.1. The first kappa shape index (κ1) is 15.3. The Labute approximate surface area is 130 Å². The van der Waals surface area contributed by atoms with Gasteiger partial charge >= 0.3 is 0 Å². The summed E-state index contributed by atoms with van der Waals surface area (Å²) in [7, 11) is 0. The molecule has 1 aromatic carbocycles. The molecular weight excluding hydrogens is 322 g/mol. The summed E-state index contributed by atoms with van der Waals surface area (Å²) in [6, 6.07) is 6.76. The van der Waals surface area contributed by atoms with Crippen LogP contribution in [0.25, 0.3) is 0 Å². The van der Waals surface area contributed by atoms with Gasteiger partial charge in [0, 0.05) is 15.5 Å². The van der Waals surface area contributed by atoms with Crippen LogP contribution >= 0.6 is 27.5 Å². The lowest BCUT2D eigenvalue weighted by Gasteiger charge is -2.35. The Morgan fingerprint density at radius 1 is 1.37 bits per heavy atom. The molecule has 1 aromatic rings. The molecule has 1 fully saturated rings. The maximum Gasteiger partial charge on any atom is 0.0449 e. The van der Waals surface area contributed by atoms with Crippen LogP contribution in [0.5, 0.6) is 0 Å². The van der Waals surface area contributed by atoms with Gasteiger partial charge in [0.2, 0.25) is 0 Å². The van der Waals surface area contributed by atoms with E-state index in [1.54, 1.807) is 0 Å². The highest BCUT2D eigenvalue weighted by Crippen LogP contribution is 2.42. The molecule has 19 heavy (non-hydrogen) atoms. The van der Waals surface area contributed by atoms with Crippen LogP contribution < -0.4 is 5.32 Å². The van der Waals surface area contributed by atoms with E-state index in [0.717, 1.165) is 22.5 Å². The van der Waals surface area contributed by atoms with Gasteiger partial charge in [-0.15, -0.1) is 0 Å². The first-order chi connectivity index (χ1) is 9.05. The summed E-state index contributed by atoms with van der Waals surface area (Å²) in [5, 5.41) is 4.56. The van der Waals surface area contributed by atoms with Gasteiger partial charge in [0.05, 0.1) is 0 Å². The van der Waals surface area contributed by atoms with Crippen LogP contribution in [0.4, 0.5) is 0 Å². The Bertz CT molecular complexity index is 427. The Morgan fingerprint density at radius 3 is 2.63 bits per heavy atom. The molecule has 2 rings (SSSR count). The zero-order valence-electron chi connectivity index (χ0n) is 11.8. The summed E-state index contributed by atoms with van der Waals surface area (Å²) in [5.74, 6) is 0. The van der Waals surface area contributed by atoms with Gasteiger partial charge in [-0.2, -0.15) is 0 Å². The van der Waals surface area contributed by atoms with Crippen LogP contribution in [0.3, 0.4) is 0 Å². The van der Waals surface area contributed by atoms with Crippen LogP contribution in [-0.2, 0) is 6.42 Å². The topological polar surface area (TPSA) is 12.0 Å². The van der Waals surface area contributed by atoms with Crippen LogP contribution in [0, 0.1) is 5.41 Å². The Kier molecular flexibility index (Phi) is 5.33. The summed E-state index contributed by atoms with van der Waals surface area (Å²) < 4.78 is 1.05. The molecule has 1 atom stereocenters. The van der Waals surface area contributed by atoms with E-state index in [1.165, 1.54) is 31.2 Å². The largest absolute Gasteiger partial charge is 0.313 e. The van der Waals surface area contributed by atoms with E-state index in [4.69, 9.17) is 11.6 Å². The van der Waals surface area contributed by atoms with Crippen molar-refractivity contribution in [2.45, 2.75) is 52.0 Å². The minimum Gasteiger partial charge on any atom is -0.313 e. The zero-order chi connectivity index (χ0) is 13.9. The molecule has 1 nitrogen and oxygen atoms in total. The molecule has 1 aliphatic rings. The number of hydrogen-bond acceptors (Lipinski definition) is 1. The molecule has 0 aromatic heterocycles. The van der Waals surface area contributed by atoms with Gasteiger partial charge in [0.15, 0.2) is 0 Å². The number of nitrogens with one attached hydrogen (secondary N) is 1. The fraction of sp³-hybridized carbons (Fsp3) is 0.625. The van der Waals surface area contributed by atoms with Crippen molar-refractivity contribution < 1.29 is 0 Å². The fourth-order valence-corrected chi connectivity index (χ4v) is 4.00. The Balaban J connectivity index is 2.16. The second-order valence-electron chi connectivity index (χ2n) is 5.91. The summed E-state index contributed by atoms with van der Waals surface area (Å²) >= 11 is 9.84. The quantitative estimate of drug-likeness (QED) is 0.773. The molecule has 0 amide bonds. The first-order valence-electron chi connectivity index (χ1n) is 7.22. The van der Waals surface area contributed by atoms with Crippen molar-refractivity contribution >= 4 is 27.5 Å². The minimum absolute atomic E-state index is 0.423. The number of benzene rings is 1. The molecule has 0 aliphatic heterocycles. The third-order valence-corrected chi connectivity index (χ3v) is 5.32.